The third-order valence-corrected chi connectivity index (χ3v) is 27.8. The number of rotatable bonds is 8. The Labute approximate surface area is 831 Å². The van der Waals surface area contributed by atoms with E-state index in [1.807, 2.05) is 60.7 Å². The van der Waals surface area contributed by atoms with E-state index >= 15 is 0 Å². The van der Waals surface area contributed by atoms with Crippen molar-refractivity contribution in [3.63, 3.8) is 0 Å². The summed E-state index contributed by atoms with van der Waals surface area (Å²) in [6.45, 7) is 0. The molecule has 5 nitrogen and oxygen atoms in total. The number of hydrogen-bond acceptors (Lipinski definition) is 6. The van der Waals surface area contributed by atoms with Crippen molar-refractivity contribution in [2.75, 3.05) is 0 Å². The summed E-state index contributed by atoms with van der Waals surface area (Å²) < 4.78 is 5.05. The number of fused-ring (bicyclic) bond motifs is 14. The standard InChI is InChI=1S/C40H26.C24H15Br.C24H16.C16H13BO2.C14H9Br.C10H9BO2.BHNS/c1-2-12-31-26-32(25-22-27(31)10-1)28-20-23-30(24-21-28)39-35-15-5-7-17-37(35)40(38-18-8-6-16-36(38)39)34-19-9-13-29-11-3-4-14-33(29)34;25-24-21-13-5-3-11-19(21)23(20-12-4-6-14-22(20)24)18-15-7-9-16-8-1-2-10-17(16)18;1-4-12-20-17(8-1)11-7-15-23(20)24-21-13-5-2-9-18(21)16-19-10-3-6-14-22(19)24;18-17(19)16-9-7-13(8-10-16)15-6-5-12-3-1-2-4-14(12)11-15;15-14-12-7-3-1-5-10(12)9-11-6-2-4-8-13(11)14;12-11(13)10-7-3-5-8-4-1-2-6-9(8)10;1-2-3/h1-26H;1-15H;1-16H;1-11,18-19H;1-9H;1-7,12-13H;3H. The third-order valence-electron chi connectivity index (χ3n) is 26.1. The molecule has 139 heavy (non-hydrogen) atoms. The summed E-state index contributed by atoms with van der Waals surface area (Å²) in [5, 5.41) is 71.4. The van der Waals surface area contributed by atoms with Gasteiger partial charge in [-0.25, -0.2) is 0 Å². The van der Waals surface area contributed by atoms with Crippen LogP contribution in [0.25, 0.3) is 218 Å². The molecule has 26 rings (SSSR count). The molecule has 0 atom stereocenters. The summed E-state index contributed by atoms with van der Waals surface area (Å²) in [5.41, 5.74) is 16.1. The SMILES string of the molecule is Brc1c2ccccc2c(-c2cccc3ccccc23)c2ccccc12.Brc1c2ccccc2cc2ccccc12.OB(O)c1ccc(-c2ccc3ccccc3c2)cc1.OB(O)c1cccc2ccccc12.[B]=NS.c1ccc2c(-c3c4ccccc4cc4ccccc34)cccc2c1.c1ccc2cc(-c3ccc(-c4c5ccccc5c(-c5cccc6ccccc56)c5ccccc45)cc3)ccc2c1. The van der Waals surface area contributed by atoms with Crippen molar-refractivity contribution in [1.82, 2.24) is 0 Å². The number of hydrogen-bond donors (Lipinski definition) is 5. The molecule has 0 aliphatic heterocycles. The average Bonchev–Trinajstić information content (AvgIpc) is 0.730. The van der Waals surface area contributed by atoms with Gasteiger partial charge in [-0.15, -0.1) is 0 Å². The largest absolute Gasteiger partial charge is 0.0616 e. The van der Waals surface area contributed by atoms with E-state index in [2.05, 4.69) is 487 Å². The third kappa shape index (κ3) is 19.2. The van der Waals surface area contributed by atoms with Crippen LogP contribution in [0.4, 0.5) is 0 Å². The summed E-state index contributed by atoms with van der Waals surface area (Å²) in [6.07, 6.45) is 0. The minimum atomic E-state index is -1.41. The first-order valence-corrected chi connectivity index (χ1v) is 48.3. The van der Waals surface area contributed by atoms with Crippen LogP contribution in [0.15, 0.2) is 523 Å². The fraction of sp³-hybridized carbons (Fsp3) is 0. The molecule has 26 aromatic rings. The van der Waals surface area contributed by atoms with E-state index < -0.39 is 14.2 Å². The fourth-order valence-corrected chi connectivity index (χ4v) is 21.0. The second-order valence-electron chi connectivity index (χ2n) is 34.3. The van der Waals surface area contributed by atoms with E-state index in [1.165, 1.54) is 205 Å². The van der Waals surface area contributed by atoms with Crippen molar-refractivity contribution >= 4 is 228 Å². The van der Waals surface area contributed by atoms with Gasteiger partial charge in [0.05, 0.1) is 0 Å². The maximum Gasteiger partial charge on any atom is -0.00201 e. The molecular weight excluding hydrogens is 1840 g/mol. The predicted octanol–water partition coefficient (Wildman–Crippen LogP) is 33.3. The van der Waals surface area contributed by atoms with Gasteiger partial charge in [0.2, 0.25) is 0 Å². The summed E-state index contributed by atoms with van der Waals surface area (Å²) in [4.78, 5) is 0. The van der Waals surface area contributed by atoms with Gasteiger partial charge in [0.25, 0.3) is 0 Å². The van der Waals surface area contributed by atoms with Crippen LogP contribution in [0.1, 0.15) is 0 Å². The molecule has 1 radical (unpaired) electrons. The van der Waals surface area contributed by atoms with Crippen LogP contribution in [-0.2, 0) is 0 Å². The minimum absolute atomic E-state index is 0.504. The van der Waals surface area contributed by atoms with E-state index in [0.717, 1.165) is 21.9 Å². The number of thiol groups is 1. The summed E-state index contributed by atoms with van der Waals surface area (Å²) in [5.74, 6) is 0. The fourth-order valence-electron chi connectivity index (χ4n) is 19.6. The van der Waals surface area contributed by atoms with Gasteiger partial charge in [-0.1, -0.05) is 485 Å². The van der Waals surface area contributed by atoms with Gasteiger partial charge in [0, 0.05) is 8.95 Å². The first kappa shape index (κ1) is 91.3. The molecule has 26 aromatic carbocycles. The zero-order chi connectivity index (χ0) is 94.7. The van der Waals surface area contributed by atoms with E-state index in [0.29, 0.717) is 10.9 Å². The Kier molecular flexibility index (Phi) is 27.6. The van der Waals surface area contributed by atoms with Crippen LogP contribution >= 0.6 is 44.7 Å². The van der Waals surface area contributed by atoms with Crippen molar-refractivity contribution in [2.24, 2.45) is 4.30 Å². The Bertz CT molecular complexity index is 8830. The van der Waals surface area contributed by atoms with Crippen LogP contribution < -0.4 is 10.9 Å². The van der Waals surface area contributed by atoms with Crippen molar-refractivity contribution in [3.05, 3.63) is 519 Å². The minimum Gasteiger partial charge on any atom is -0.0616 e. The van der Waals surface area contributed by atoms with Gasteiger partial charge in [-0.2, -0.15) is 0 Å². The van der Waals surface area contributed by atoms with Crippen molar-refractivity contribution in [2.45, 2.75) is 0 Å². The second kappa shape index (κ2) is 42.0. The molecule has 0 bridgehead atoms. The Balaban J connectivity index is 0.000000106. The van der Waals surface area contributed by atoms with E-state index in [1.54, 1.807) is 18.2 Å². The van der Waals surface area contributed by atoms with Crippen LogP contribution in [0.5, 0.6) is 0 Å². The Morgan fingerprint density at radius 3 is 0.770 bits per heavy atom. The van der Waals surface area contributed by atoms with Crippen molar-refractivity contribution < 1.29 is 20.1 Å². The van der Waals surface area contributed by atoms with Gasteiger partial charge < -0.3 is 20.1 Å². The van der Waals surface area contributed by atoms with Gasteiger partial charge in [0.15, 0.2) is 0 Å². The molecule has 0 heterocycles. The van der Waals surface area contributed by atoms with E-state index in [-0.39, 0.29) is 0 Å². The van der Waals surface area contributed by atoms with Gasteiger partial charge in [-0.05, 0) is 285 Å². The zero-order valence-electron chi connectivity index (χ0n) is 75.7. The number of halogens is 2. The smallest absolute Gasteiger partial charge is 0.00201 e. The van der Waals surface area contributed by atoms with Crippen LogP contribution in [0.3, 0.4) is 0 Å². The zero-order valence-corrected chi connectivity index (χ0v) is 79.7. The molecule has 0 unspecified atom stereocenters. The second-order valence-corrected chi connectivity index (χ2v) is 36.1. The Morgan fingerprint density at radius 2 is 0.410 bits per heavy atom. The molecule has 0 saturated heterocycles. The molecule has 0 fully saturated rings. The van der Waals surface area contributed by atoms with Crippen LogP contribution in [-0.4, -0.2) is 42.0 Å². The molecular formula is C128H89B3Br2NO4S. The summed E-state index contributed by atoms with van der Waals surface area (Å²) in [7, 11) is 1.53. The average molecular weight is 1930 g/mol. The quantitative estimate of drug-likeness (QED) is 0.0595. The molecule has 11 heteroatoms. The predicted molar refractivity (Wildman–Crippen MR) is 609 cm³/mol. The Hall–Kier alpha value is -15.5. The summed E-state index contributed by atoms with van der Waals surface area (Å²) in [6, 6.07) is 179. The molecule has 659 valence electrons. The molecule has 0 saturated carbocycles. The van der Waals surface area contributed by atoms with Crippen molar-refractivity contribution in [3.8, 4) is 66.8 Å². The topological polar surface area (TPSA) is 93.3 Å². The first-order valence-electron chi connectivity index (χ1n) is 46.3. The van der Waals surface area contributed by atoms with E-state index in [4.69, 9.17) is 20.1 Å². The first-order chi connectivity index (χ1) is 68.4. The Morgan fingerprint density at radius 1 is 0.180 bits per heavy atom. The van der Waals surface area contributed by atoms with Crippen LogP contribution in [0.2, 0.25) is 0 Å². The molecule has 0 amide bonds. The number of nitrogens with zero attached hydrogens (tertiary/aromatic N) is 1. The molecule has 0 spiro atoms. The van der Waals surface area contributed by atoms with Crippen molar-refractivity contribution in [1.29, 1.82) is 0 Å². The van der Waals surface area contributed by atoms with Gasteiger partial charge >= 0.3 is 39.0 Å². The monoisotopic (exact) mass is 1930 g/mol. The maximum atomic E-state index is 9.08. The molecule has 0 aliphatic carbocycles. The maximum absolute atomic E-state index is 9.08. The van der Waals surface area contributed by atoms with E-state index in [9.17, 15) is 0 Å². The van der Waals surface area contributed by atoms with Crippen LogP contribution in [0, 0.1) is 0 Å². The number of benzene rings is 26. The molecule has 0 aliphatic rings. The summed E-state index contributed by atoms with van der Waals surface area (Å²) >= 11 is 10.7. The van der Waals surface area contributed by atoms with Gasteiger partial charge in [0.1, 0.15) is 0 Å². The van der Waals surface area contributed by atoms with Gasteiger partial charge in [-0.3, -0.25) is 0 Å². The normalized spacial score (nSPS) is 11.0. The molecule has 4 N–H and O–H groups in total. The molecule has 0 aromatic heterocycles.